The van der Waals surface area contributed by atoms with E-state index in [1.807, 2.05) is 44.0 Å². The zero-order valence-corrected chi connectivity index (χ0v) is 20.1. The van der Waals surface area contributed by atoms with Crippen molar-refractivity contribution >= 4 is 15.9 Å². The minimum atomic E-state index is -3.78. The summed E-state index contributed by atoms with van der Waals surface area (Å²) in [7, 11) is -1.91. The van der Waals surface area contributed by atoms with Gasteiger partial charge in [0.05, 0.1) is 17.0 Å². The van der Waals surface area contributed by atoms with Crippen LogP contribution in [0.25, 0.3) is 0 Å². The molecule has 0 radical (unpaired) electrons. The van der Waals surface area contributed by atoms with Gasteiger partial charge in [-0.1, -0.05) is 18.2 Å². The van der Waals surface area contributed by atoms with Crippen molar-refractivity contribution in [2.75, 3.05) is 52.9 Å². The number of hydrogen-bond acceptors (Lipinski definition) is 6. The van der Waals surface area contributed by atoms with Crippen molar-refractivity contribution in [2.24, 2.45) is 0 Å². The number of rotatable bonds is 8. The standard InChI is InChI=1S/C24H30N4O4S/c1-19-14-20(2)16-22(15-19)32-13-12-26(3)18-24(29)27-8-10-28(11-9-27)33(30,31)23-7-5-4-6-21(23)17-25/h4-7,14-16H,8-13,18H2,1-3H3. The topological polar surface area (TPSA) is 93.9 Å². The molecule has 1 aliphatic rings. The number of carbonyl (C=O) groups is 1. The van der Waals surface area contributed by atoms with Crippen LogP contribution >= 0.6 is 0 Å². The molecule has 3 rings (SSSR count). The van der Waals surface area contributed by atoms with Crippen LogP contribution in [0, 0.1) is 25.2 Å². The Kier molecular flexibility index (Phi) is 8.08. The van der Waals surface area contributed by atoms with E-state index in [0.717, 1.165) is 16.9 Å². The van der Waals surface area contributed by atoms with Gasteiger partial charge < -0.3 is 9.64 Å². The summed E-state index contributed by atoms with van der Waals surface area (Å²) in [5.74, 6) is 0.779. The molecular formula is C24H30N4O4S. The Morgan fingerprint density at radius 3 is 2.36 bits per heavy atom. The number of carbonyl (C=O) groups excluding carboxylic acids is 1. The SMILES string of the molecule is Cc1cc(C)cc(OCCN(C)CC(=O)N2CCN(S(=O)(=O)c3ccccc3C#N)CC2)c1. The normalized spacial score (nSPS) is 14.8. The fraction of sp³-hybridized carbons (Fsp3) is 0.417. The fourth-order valence-corrected chi connectivity index (χ4v) is 5.41. The summed E-state index contributed by atoms with van der Waals surface area (Å²) in [5, 5.41) is 9.23. The molecule has 1 saturated heterocycles. The highest BCUT2D eigenvalue weighted by Gasteiger charge is 2.31. The van der Waals surface area contributed by atoms with E-state index >= 15 is 0 Å². The van der Waals surface area contributed by atoms with Gasteiger partial charge in [-0.2, -0.15) is 9.57 Å². The molecule has 176 valence electrons. The van der Waals surface area contributed by atoms with Gasteiger partial charge in [0.15, 0.2) is 0 Å². The molecule has 0 bridgehead atoms. The second-order valence-electron chi connectivity index (χ2n) is 8.30. The highest BCUT2D eigenvalue weighted by atomic mass is 32.2. The maximum Gasteiger partial charge on any atom is 0.244 e. The summed E-state index contributed by atoms with van der Waals surface area (Å²) < 4.78 is 33.1. The lowest BCUT2D eigenvalue weighted by molar-refractivity contribution is -0.133. The highest BCUT2D eigenvalue weighted by molar-refractivity contribution is 7.89. The molecule has 8 nitrogen and oxygen atoms in total. The summed E-state index contributed by atoms with van der Waals surface area (Å²) in [6.45, 7) is 6.39. The van der Waals surface area contributed by atoms with Gasteiger partial charge in [-0.15, -0.1) is 0 Å². The van der Waals surface area contributed by atoms with E-state index in [-0.39, 0.29) is 36.0 Å². The van der Waals surface area contributed by atoms with Crippen molar-refractivity contribution in [1.82, 2.24) is 14.1 Å². The summed E-state index contributed by atoms with van der Waals surface area (Å²) in [6.07, 6.45) is 0. The second-order valence-corrected chi connectivity index (χ2v) is 10.2. The molecule has 1 aliphatic heterocycles. The molecule has 0 saturated carbocycles. The van der Waals surface area contributed by atoms with Crippen LogP contribution < -0.4 is 4.74 Å². The molecule has 1 fully saturated rings. The Hall–Kier alpha value is -2.93. The van der Waals surface area contributed by atoms with Gasteiger partial charge in [-0.3, -0.25) is 9.69 Å². The Morgan fingerprint density at radius 1 is 1.09 bits per heavy atom. The number of nitrogens with zero attached hydrogens (tertiary/aromatic N) is 4. The van der Waals surface area contributed by atoms with Gasteiger partial charge in [0.25, 0.3) is 0 Å². The van der Waals surface area contributed by atoms with Crippen LogP contribution in [0.2, 0.25) is 0 Å². The number of piperazine rings is 1. The molecule has 33 heavy (non-hydrogen) atoms. The average Bonchev–Trinajstić information content (AvgIpc) is 2.78. The van der Waals surface area contributed by atoms with Gasteiger partial charge in [0, 0.05) is 32.7 Å². The summed E-state index contributed by atoms with van der Waals surface area (Å²) in [5.41, 5.74) is 2.41. The molecule has 9 heteroatoms. The summed E-state index contributed by atoms with van der Waals surface area (Å²) >= 11 is 0. The zero-order valence-electron chi connectivity index (χ0n) is 19.3. The van der Waals surface area contributed by atoms with Crippen molar-refractivity contribution in [3.05, 3.63) is 59.2 Å². The van der Waals surface area contributed by atoms with E-state index in [1.54, 1.807) is 17.0 Å². The third-order valence-corrected chi connectivity index (χ3v) is 7.52. The molecule has 0 aromatic heterocycles. The lowest BCUT2D eigenvalue weighted by atomic mass is 10.1. The van der Waals surface area contributed by atoms with Crippen molar-refractivity contribution in [1.29, 1.82) is 5.26 Å². The number of hydrogen-bond donors (Lipinski definition) is 0. The molecule has 0 N–H and O–H groups in total. The van der Waals surface area contributed by atoms with Crippen molar-refractivity contribution in [2.45, 2.75) is 18.7 Å². The first-order valence-electron chi connectivity index (χ1n) is 10.9. The van der Waals surface area contributed by atoms with Crippen LogP contribution in [-0.2, 0) is 14.8 Å². The van der Waals surface area contributed by atoms with Gasteiger partial charge in [0.2, 0.25) is 15.9 Å². The molecule has 0 aliphatic carbocycles. The van der Waals surface area contributed by atoms with Crippen LogP contribution in [0.4, 0.5) is 0 Å². The minimum absolute atomic E-state index is 0.0100. The average molecular weight is 471 g/mol. The lowest BCUT2D eigenvalue weighted by Gasteiger charge is -2.34. The monoisotopic (exact) mass is 470 g/mol. The number of amides is 1. The van der Waals surface area contributed by atoms with Crippen molar-refractivity contribution in [3.8, 4) is 11.8 Å². The number of nitriles is 1. The smallest absolute Gasteiger partial charge is 0.244 e. The molecule has 0 atom stereocenters. The number of benzene rings is 2. The Labute approximate surface area is 196 Å². The van der Waals surface area contributed by atoms with Crippen molar-refractivity contribution < 1.29 is 17.9 Å². The van der Waals surface area contributed by atoms with Gasteiger partial charge >= 0.3 is 0 Å². The van der Waals surface area contributed by atoms with E-state index < -0.39 is 10.0 Å². The van der Waals surface area contributed by atoms with Crippen LogP contribution in [0.1, 0.15) is 16.7 Å². The van der Waals surface area contributed by atoms with Gasteiger partial charge in [-0.25, -0.2) is 8.42 Å². The third kappa shape index (κ3) is 6.32. The molecule has 0 unspecified atom stereocenters. The largest absolute Gasteiger partial charge is 0.492 e. The molecule has 1 amide bonds. The van der Waals surface area contributed by atoms with E-state index in [9.17, 15) is 18.5 Å². The zero-order chi connectivity index (χ0) is 24.0. The summed E-state index contributed by atoms with van der Waals surface area (Å²) in [6, 6.07) is 14.2. The van der Waals surface area contributed by atoms with Crippen molar-refractivity contribution in [3.63, 3.8) is 0 Å². The quantitative estimate of drug-likeness (QED) is 0.586. The molecule has 2 aromatic carbocycles. The lowest BCUT2D eigenvalue weighted by Crippen LogP contribution is -2.52. The molecule has 1 heterocycles. The van der Waals surface area contributed by atoms with Crippen LogP contribution in [0.5, 0.6) is 5.75 Å². The predicted octanol–water partition coefficient (Wildman–Crippen LogP) is 2.02. The first-order valence-corrected chi connectivity index (χ1v) is 12.3. The maximum atomic E-state index is 12.9. The molecular weight excluding hydrogens is 440 g/mol. The van der Waals surface area contributed by atoms with Crippen LogP contribution in [-0.4, -0.2) is 81.4 Å². The number of ether oxygens (including phenoxy) is 1. The number of sulfonamides is 1. The van der Waals surface area contributed by atoms with Gasteiger partial charge in [0.1, 0.15) is 18.4 Å². The Morgan fingerprint density at radius 2 is 1.73 bits per heavy atom. The fourth-order valence-electron chi connectivity index (χ4n) is 3.85. The van der Waals surface area contributed by atoms with E-state index in [4.69, 9.17) is 4.74 Å². The Balaban J connectivity index is 1.47. The molecule has 2 aromatic rings. The molecule has 0 spiro atoms. The number of likely N-dealkylation sites (N-methyl/N-ethyl adjacent to an activating group) is 1. The van der Waals surface area contributed by atoms with Crippen LogP contribution in [0.15, 0.2) is 47.4 Å². The van der Waals surface area contributed by atoms with Gasteiger partial charge in [-0.05, 0) is 56.3 Å². The van der Waals surface area contributed by atoms with E-state index in [2.05, 4.69) is 6.07 Å². The maximum absolute atomic E-state index is 12.9. The van der Waals surface area contributed by atoms with E-state index in [1.165, 1.54) is 16.4 Å². The highest BCUT2D eigenvalue weighted by Crippen LogP contribution is 2.21. The number of aryl methyl sites for hydroxylation is 2. The van der Waals surface area contributed by atoms with Crippen LogP contribution in [0.3, 0.4) is 0 Å². The second kappa shape index (κ2) is 10.8. The summed E-state index contributed by atoms with van der Waals surface area (Å²) in [4.78, 5) is 16.3. The first-order chi connectivity index (χ1) is 15.7. The minimum Gasteiger partial charge on any atom is -0.492 e. The Bertz CT molecular complexity index is 1120. The third-order valence-electron chi connectivity index (χ3n) is 5.56. The van der Waals surface area contributed by atoms with E-state index in [0.29, 0.717) is 26.2 Å². The first kappa shape index (κ1) is 24.7. The predicted molar refractivity (Wildman–Crippen MR) is 125 cm³/mol.